The van der Waals surface area contributed by atoms with Crippen LogP contribution in [0.2, 0.25) is 0 Å². The number of carbonyl (C=O) groups is 3. The Morgan fingerprint density at radius 1 is 0.977 bits per heavy atom. The summed E-state index contributed by atoms with van der Waals surface area (Å²) in [7, 11) is 0. The van der Waals surface area contributed by atoms with Gasteiger partial charge >= 0.3 is 11.8 Å². The lowest BCUT2D eigenvalue weighted by Gasteiger charge is -2.69. The van der Waals surface area contributed by atoms with Crippen LogP contribution in [-0.2, 0) is 15.0 Å². The van der Waals surface area contributed by atoms with Crippen molar-refractivity contribution in [3.05, 3.63) is 35.1 Å². The number of amides is 1. The Bertz CT molecular complexity index is 1590. The van der Waals surface area contributed by atoms with Crippen molar-refractivity contribution in [3.8, 4) is 6.07 Å². The van der Waals surface area contributed by atoms with E-state index in [1.54, 1.807) is 0 Å². The molecule has 8 atom stereocenters. The van der Waals surface area contributed by atoms with Gasteiger partial charge in [-0.3, -0.25) is 14.4 Å². The molecule has 234 valence electrons. The fraction of sp³-hybridized carbons (Fsp3) is 0.722. The van der Waals surface area contributed by atoms with Crippen LogP contribution in [0.15, 0.2) is 27.7 Å². The van der Waals surface area contributed by atoms with Crippen LogP contribution in [0.3, 0.4) is 0 Å². The highest BCUT2D eigenvalue weighted by molar-refractivity contribution is 6.04. The van der Waals surface area contributed by atoms with Crippen molar-refractivity contribution in [1.29, 1.82) is 5.26 Å². The van der Waals surface area contributed by atoms with E-state index in [9.17, 15) is 19.6 Å². The molecule has 4 saturated carbocycles. The maximum absolute atomic E-state index is 14.6. The van der Waals surface area contributed by atoms with Crippen LogP contribution in [0.25, 0.3) is 0 Å². The summed E-state index contributed by atoms with van der Waals surface area (Å²) in [5.74, 6) is 0.301. The number of Topliss-reactive ketones (excluding diaryl/α,β-unsaturated/α-hetero) is 1. The largest absolute Gasteiger partial charge is 0.416 e. The first-order valence-corrected chi connectivity index (χ1v) is 16.6. The van der Waals surface area contributed by atoms with E-state index in [4.69, 9.17) is 4.42 Å². The Hall–Kier alpha value is -3.08. The molecule has 1 heterocycles. The molecule has 4 fully saturated rings. The summed E-state index contributed by atoms with van der Waals surface area (Å²) in [6.45, 7) is 15.4. The van der Waals surface area contributed by atoms with E-state index >= 15 is 0 Å². The van der Waals surface area contributed by atoms with Crippen LogP contribution in [0, 0.1) is 56.2 Å². The minimum absolute atomic E-state index is 0.0154. The van der Waals surface area contributed by atoms with Gasteiger partial charge in [0, 0.05) is 28.2 Å². The third-order valence-electron chi connectivity index (χ3n) is 14.1. The average molecular weight is 599 g/mol. The summed E-state index contributed by atoms with van der Waals surface area (Å²) < 4.78 is 6.05. The monoisotopic (exact) mass is 598 g/mol. The van der Waals surface area contributed by atoms with Gasteiger partial charge < -0.3 is 9.73 Å². The van der Waals surface area contributed by atoms with E-state index in [1.165, 1.54) is 0 Å². The zero-order valence-electron chi connectivity index (χ0n) is 27.3. The lowest BCUT2D eigenvalue weighted by Crippen LogP contribution is -2.64. The number of allylic oxidation sites excluding steroid dienone is 4. The average Bonchev–Trinajstić information content (AvgIpc) is 3.62. The van der Waals surface area contributed by atoms with Crippen LogP contribution >= 0.6 is 0 Å². The smallest absolute Gasteiger partial charge is 0.309 e. The van der Waals surface area contributed by atoms with Crippen molar-refractivity contribution >= 4 is 17.5 Å². The van der Waals surface area contributed by atoms with Gasteiger partial charge in [-0.25, -0.2) is 0 Å². The van der Waals surface area contributed by atoms with Gasteiger partial charge in [-0.15, -0.1) is 10.2 Å². The Morgan fingerprint density at radius 2 is 1.68 bits per heavy atom. The number of hydrogen-bond donors (Lipinski definition) is 1. The molecule has 6 aliphatic rings. The molecule has 1 N–H and O–H groups in total. The van der Waals surface area contributed by atoms with E-state index in [0.29, 0.717) is 5.89 Å². The molecule has 0 unspecified atom stereocenters. The van der Waals surface area contributed by atoms with Crippen LogP contribution in [0.5, 0.6) is 0 Å². The van der Waals surface area contributed by atoms with Crippen molar-refractivity contribution in [2.24, 2.45) is 44.8 Å². The first-order chi connectivity index (χ1) is 20.5. The molecule has 0 aromatic carbocycles. The molecule has 0 radical (unpaired) electrons. The van der Waals surface area contributed by atoms with Crippen LogP contribution in [-0.4, -0.2) is 33.7 Å². The molecular weight excluding hydrogens is 552 g/mol. The molecule has 0 spiro atoms. The summed E-state index contributed by atoms with van der Waals surface area (Å²) in [5.41, 5.74) is -0.818. The lowest BCUT2D eigenvalue weighted by molar-refractivity contribution is -0.166. The van der Waals surface area contributed by atoms with Crippen molar-refractivity contribution < 1.29 is 18.8 Å². The number of hydrogen-bond acceptors (Lipinski definition) is 7. The zero-order chi connectivity index (χ0) is 31.7. The Balaban J connectivity index is 1.28. The second kappa shape index (κ2) is 9.01. The zero-order valence-corrected chi connectivity index (χ0v) is 27.3. The molecule has 0 aliphatic heterocycles. The first-order valence-electron chi connectivity index (χ1n) is 16.6. The summed E-state index contributed by atoms with van der Waals surface area (Å²) in [4.78, 5) is 40.6. The Kier molecular flexibility index (Phi) is 6.07. The number of nitriles is 1. The molecule has 1 amide bonds. The number of ketones is 2. The molecule has 6 aliphatic carbocycles. The van der Waals surface area contributed by atoms with Gasteiger partial charge in [0.25, 0.3) is 0 Å². The molecular formula is C36H46N4O4. The molecule has 44 heavy (non-hydrogen) atoms. The number of nitrogens with one attached hydrogen (secondary N) is 1. The van der Waals surface area contributed by atoms with Gasteiger partial charge in [-0.2, -0.15) is 5.26 Å². The van der Waals surface area contributed by atoms with E-state index in [1.807, 2.05) is 26.0 Å². The number of nitrogens with zero attached hydrogens (tertiary/aromatic N) is 3. The summed E-state index contributed by atoms with van der Waals surface area (Å²) >= 11 is 0. The van der Waals surface area contributed by atoms with E-state index in [-0.39, 0.29) is 69.0 Å². The Morgan fingerprint density at radius 3 is 2.36 bits per heavy atom. The summed E-state index contributed by atoms with van der Waals surface area (Å²) in [6, 6.07) is 2.40. The summed E-state index contributed by atoms with van der Waals surface area (Å²) in [6.07, 6.45) is 12.2. The molecule has 0 bridgehead atoms. The second-order valence-electron chi connectivity index (χ2n) is 17.0. The van der Waals surface area contributed by atoms with E-state index < -0.39 is 16.2 Å². The quantitative estimate of drug-likeness (QED) is 0.425. The second-order valence-corrected chi connectivity index (χ2v) is 17.0. The molecule has 0 saturated heterocycles. The molecule has 7 rings (SSSR count). The minimum atomic E-state index is -0.674. The lowest BCUT2D eigenvalue weighted by atomic mass is 9.34. The summed E-state index contributed by atoms with van der Waals surface area (Å²) in [5, 5.41) is 21.4. The third kappa shape index (κ3) is 3.76. The van der Waals surface area contributed by atoms with Crippen molar-refractivity contribution in [2.75, 3.05) is 0 Å². The van der Waals surface area contributed by atoms with Gasteiger partial charge in [0.15, 0.2) is 11.6 Å². The van der Waals surface area contributed by atoms with Crippen LogP contribution in [0.4, 0.5) is 0 Å². The molecule has 1 aromatic rings. The maximum atomic E-state index is 14.6. The van der Waals surface area contributed by atoms with Gasteiger partial charge in [-0.05, 0) is 91.9 Å². The fourth-order valence-corrected chi connectivity index (χ4v) is 10.9. The Labute approximate surface area is 260 Å². The van der Waals surface area contributed by atoms with Crippen molar-refractivity contribution in [3.63, 3.8) is 0 Å². The number of aromatic nitrogens is 2. The van der Waals surface area contributed by atoms with E-state index in [0.717, 1.165) is 63.4 Å². The minimum Gasteiger partial charge on any atom is -0.416 e. The predicted octanol–water partition coefficient (Wildman–Crippen LogP) is 6.43. The van der Waals surface area contributed by atoms with Gasteiger partial charge in [0.05, 0.1) is 5.57 Å². The van der Waals surface area contributed by atoms with Gasteiger partial charge in [0.1, 0.15) is 6.07 Å². The van der Waals surface area contributed by atoms with Crippen molar-refractivity contribution in [2.45, 2.75) is 118 Å². The predicted molar refractivity (Wildman–Crippen MR) is 163 cm³/mol. The van der Waals surface area contributed by atoms with Gasteiger partial charge in [-0.1, -0.05) is 60.1 Å². The molecule has 8 nitrogen and oxygen atoms in total. The highest BCUT2D eigenvalue weighted by Crippen LogP contribution is 2.74. The molecule has 8 heteroatoms. The maximum Gasteiger partial charge on any atom is 0.309 e. The van der Waals surface area contributed by atoms with Crippen LogP contribution < -0.4 is 5.32 Å². The number of rotatable bonds is 3. The van der Waals surface area contributed by atoms with Crippen LogP contribution in [0.1, 0.15) is 123 Å². The standard InChI is InChI=1S/C36H46N4O4/c1-31(2)24-10-11-35(6)25(34(24,5)17-20(19-37)27(31)42)16-23(41)26-22-18-33(4,13-12-32(22,3)14-15-36(26,35)7)30-40-39-29(44-30)28(43)38-21-8-9-21/h16-17,21-22,24,26H,8-15,18H2,1-7H3,(H,38,43)/t22-,24-,26-,32+,33-,34-,35+,36+/m0/s1. The van der Waals surface area contributed by atoms with E-state index in [2.05, 4.69) is 56.2 Å². The normalized spacial score (nSPS) is 44.2. The number of fused-ring (bicyclic) bond motifs is 7. The fourth-order valence-electron chi connectivity index (χ4n) is 10.9. The topological polar surface area (TPSA) is 126 Å². The van der Waals surface area contributed by atoms with Crippen molar-refractivity contribution in [1.82, 2.24) is 15.5 Å². The highest BCUT2D eigenvalue weighted by Gasteiger charge is 2.69. The number of carbonyl (C=O) groups excluding carboxylic acids is 3. The van der Waals surface area contributed by atoms with Gasteiger partial charge in [0.2, 0.25) is 5.89 Å². The first kappa shape index (κ1) is 29.6. The highest BCUT2D eigenvalue weighted by atomic mass is 16.4. The SMILES string of the molecule is CC1(C)C(=O)C(C#N)=C[C@]2(C)C3=CC(=O)[C@@H]4[C@@H]5C[C@@](C)(c6nnc(C(=O)NC7CC7)o6)CC[C@]5(C)CC[C@@]4(C)[C@]3(C)CC[C@@H]12. The third-order valence-corrected chi connectivity index (χ3v) is 14.1. The molecule has 1 aromatic heterocycles.